The van der Waals surface area contributed by atoms with Crippen LogP contribution in [0.5, 0.6) is 5.88 Å². The smallest absolute Gasteiger partial charge is 0.253 e. The molecule has 0 unspecified atom stereocenters. The molecule has 2 aromatic heterocycles. The van der Waals surface area contributed by atoms with Crippen molar-refractivity contribution in [3.05, 3.63) is 65.3 Å². The van der Waals surface area contributed by atoms with Crippen molar-refractivity contribution < 1.29 is 14.3 Å². The molecule has 1 saturated heterocycles. The number of nitrogens with one attached hydrogen (secondary N) is 1. The molecule has 0 spiro atoms. The van der Waals surface area contributed by atoms with Gasteiger partial charge in [0.05, 0.1) is 25.3 Å². The third-order valence-electron chi connectivity index (χ3n) is 4.58. The Balaban J connectivity index is 1.35. The summed E-state index contributed by atoms with van der Waals surface area (Å²) in [5.74, 6) is 0.866. The van der Waals surface area contributed by atoms with E-state index in [0.29, 0.717) is 35.5 Å². The summed E-state index contributed by atoms with van der Waals surface area (Å²) >= 11 is 5.93. The standard InChI is InChI=1S/C20H20ClN5O3/c21-15-2-4-16(5-3-15)26-13-24-25-18(26)12-23-20(27)14-1-6-19(22-11-14)29-17-7-9-28-10-8-17/h1-6,11,13,17H,7-10,12H2,(H,23,27). The Hall–Kier alpha value is -2.97. The second kappa shape index (κ2) is 9.02. The molecule has 150 valence electrons. The van der Waals surface area contributed by atoms with E-state index in [2.05, 4.69) is 20.5 Å². The Labute approximate surface area is 172 Å². The minimum absolute atomic E-state index is 0.107. The molecule has 1 aliphatic heterocycles. The number of hydrogen-bond acceptors (Lipinski definition) is 6. The summed E-state index contributed by atoms with van der Waals surface area (Å²) in [6.45, 7) is 1.62. The first-order chi connectivity index (χ1) is 14.2. The summed E-state index contributed by atoms with van der Waals surface area (Å²) in [6.07, 6.45) is 4.90. The van der Waals surface area contributed by atoms with Crippen molar-refractivity contribution in [1.82, 2.24) is 25.1 Å². The average molecular weight is 414 g/mol. The van der Waals surface area contributed by atoms with Gasteiger partial charge in [-0.05, 0) is 30.3 Å². The van der Waals surface area contributed by atoms with Crippen LogP contribution in [0.2, 0.25) is 5.02 Å². The van der Waals surface area contributed by atoms with Gasteiger partial charge in [0.15, 0.2) is 5.82 Å². The quantitative estimate of drug-likeness (QED) is 0.668. The number of hydrogen-bond donors (Lipinski definition) is 1. The monoisotopic (exact) mass is 413 g/mol. The fourth-order valence-corrected chi connectivity index (χ4v) is 3.13. The van der Waals surface area contributed by atoms with Crippen molar-refractivity contribution in [2.24, 2.45) is 0 Å². The first-order valence-electron chi connectivity index (χ1n) is 9.32. The largest absolute Gasteiger partial charge is 0.474 e. The Morgan fingerprint density at radius 2 is 2.00 bits per heavy atom. The molecule has 3 aromatic rings. The van der Waals surface area contributed by atoms with Crippen LogP contribution in [0.1, 0.15) is 29.0 Å². The van der Waals surface area contributed by atoms with E-state index in [-0.39, 0.29) is 18.6 Å². The highest BCUT2D eigenvalue weighted by atomic mass is 35.5. The molecule has 0 radical (unpaired) electrons. The molecule has 9 heteroatoms. The lowest BCUT2D eigenvalue weighted by molar-refractivity contribution is 0.0237. The van der Waals surface area contributed by atoms with Crippen molar-refractivity contribution in [1.29, 1.82) is 0 Å². The third-order valence-corrected chi connectivity index (χ3v) is 4.84. The maximum absolute atomic E-state index is 12.5. The van der Waals surface area contributed by atoms with Gasteiger partial charge in [-0.25, -0.2) is 4.98 Å². The zero-order chi connectivity index (χ0) is 20.1. The zero-order valence-electron chi connectivity index (χ0n) is 15.6. The molecule has 0 aliphatic carbocycles. The number of benzene rings is 1. The molecular weight excluding hydrogens is 394 g/mol. The number of nitrogens with zero attached hydrogens (tertiary/aromatic N) is 4. The molecule has 8 nitrogen and oxygen atoms in total. The molecule has 1 aliphatic rings. The van der Waals surface area contributed by atoms with Gasteiger partial charge in [-0.2, -0.15) is 0 Å². The Bertz CT molecular complexity index is 953. The number of halogens is 1. The van der Waals surface area contributed by atoms with Gasteiger partial charge in [0.25, 0.3) is 5.91 Å². The predicted octanol–water partition coefficient (Wildman–Crippen LogP) is 2.80. The van der Waals surface area contributed by atoms with E-state index in [9.17, 15) is 4.79 Å². The molecule has 1 aromatic carbocycles. The van der Waals surface area contributed by atoms with E-state index in [4.69, 9.17) is 21.1 Å². The fourth-order valence-electron chi connectivity index (χ4n) is 3.01. The van der Waals surface area contributed by atoms with Crippen LogP contribution in [-0.2, 0) is 11.3 Å². The Kier molecular flexibility index (Phi) is 6.02. The molecule has 1 fully saturated rings. The second-order valence-corrected chi connectivity index (χ2v) is 7.03. The molecule has 0 saturated carbocycles. The number of rotatable bonds is 6. The van der Waals surface area contributed by atoms with Gasteiger partial charge in [0.2, 0.25) is 5.88 Å². The highest BCUT2D eigenvalue weighted by molar-refractivity contribution is 6.30. The number of carbonyl (C=O) groups is 1. The third kappa shape index (κ3) is 4.90. The number of carbonyl (C=O) groups excluding carboxylic acids is 1. The predicted molar refractivity (Wildman–Crippen MR) is 106 cm³/mol. The molecule has 4 rings (SSSR count). The topological polar surface area (TPSA) is 91.2 Å². The van der Waals surface area contributed by atoms with Gasteiger partial charge in [-0.3, -0.25) is 9.36 Å². The van der Waals surface area contributed by atoms with Gasteiger partial charge < -0.3 is 14.8 Å². The summed E-state index contributed by atoms with van der Waals surface area (Å²) in [4.78, 5) is 16.7. The molecular formula is C20H20ClN5O3. The summed E-state index contributed by atoms with van der Waals surface area (Å²) in [7, 11) is 0. The van der Waals surface area contributed by atoms with Crippen LogP contribution in [0.25, 0.3) is 5.69 Å². The highest BCUT2D eigenvalue weighted by Crippen LogP contribution is 2.17. The molecule has 29 heavy (non-hydrogen) atoms. The van der Waals surface area contributed by atoms with Gasteiger partial charge in [-0.15, -0.1) is 10.2 Å². The summed E-state index contributed by atoms with van der Waals surface area (Å²) < 4.78 is 12.9. The minimum atomic E-state index is -0.249. The number of aromatic nitrogens is 4. The average Bonchev–Trinajstić information content (AvgIpc) is 3.22. The van der Waals surface area contributed by atoms with Gasteiger partial charge in [0.1, 0.15) is 12.4 Å². The lowest BCUT2D eigenvalue weighted by Gasteiger charge is -2.22. The van der Waals surface area contributed by atoms with E-state index in [1.54, 1.807) is 35.2 Å². The van der Waals surface area contributed by atoms with E-state index in [1.807, 2.05) is 12.1 Å². The van der Waals surface area contributed by atoms with Crippen LogP contribution in [0.3, 0.4) is 0 Å². The van der Waals surface area contributed by atoms with E-state index in [1.165, 1.54) is 6.20 Å². The molecule has 0 bridgehead atoms. The first kappa shape index (κ1) is 19.4. The van der Waals surface area contributed by atoms with E-state index >= 15 is 0 Å². The van der Waals surface area contributed by atoms with Gasteiger partial charge in [-0.1, -0.05) is 11.6 Å². The van der Waals surface area contributed by atoms with Crippen LogP contribution in [0, 0.1) is 0 Å². The second-order valence-electron chi connectivity index (χ2n) is 6.59. The maximum atomic E-state index is 12.5. The van der Waals surface area contributed by atoms with Crippen LogP contribution < -0.4 is 10.1 Å². The Morgan fingerprint density at radius 3 is 2.72 bits per heavy atom. The highest BCUT2D eigenvalue weighted by Gasteiger charge is 2.16. The normalized spacial score (nSPS) is 14.5. The first-order valence-corrected chi connectivity index (χ1v) is 9.70. The summed E-state index contributed by atoms with van der Waals surface area (Å²) in [6, 6.07) is 10.7. The molecule has 1 amide bonds. The lowest BCUT2D eigenvalue weighted by Crippen LogP contribution is -2.26. The number of pyridine rings is 1. The fraction of sp³-hybridized carbons (Fsp3) is 0.300. The van der Waals surface area contributed by atoms with Crippen LogP contribution in [0.15, 0.2) is 48.9 Å². The van der Waals surface area contributed by atoms with Crippen LogP contribution >= 0.6 is 11.6 Å². The van der Waals surface area contributed by atoms with Crippen molar-refractivity contribution in [2.75, 3.05) is 13.2 Å². The van der Waals surface area contributed by atoms with Crippen molar-refractivity contribution in [2.45, 2.75) is 25.5 Å². The number of ether oxygens (including phenoxy) is 2. The summed E-state index contributed by atoms with van der Waals surface area (Å²) in [5, 5.41) is 11.5. The lowest BCUT2D eigenvalue weighted by atomic mass is 10.1. The minimum Gasteiger partial charge on any atom is -0.474 e. The van der Waals surface area contributed by atoms with Crippen LogP contribution in [-0.4, -0.2) is 45.0 Å². The molecule has 0 atom stereocenters. The van der Waals surface area contributed by atoms with E-state index < -0.39 is 0 Å². The van der Waals surface area contributed by atoms with Gasteiger partial charge >= 0.3 is 0 Å². The van der Waals surface area contributed by atoms with Gasteiger partial charge in [0, 0.05) is 35.8 Å². The Morgan fingerprint density at radius 1 is 1.21 bits per heavy atom. The van der Waals surface area contributed by atoms with Crippen LogP contribution in [0.4, 0.5) is 0 Å². The number of amides is 1. The molecule has 3 heterocycles. The summed E-state index contributed by atoms with van der Waals surface area (Å²) in [5.41, 5.74) is 1.31. The van der Waals surface area contributed by atoms with Crippen molar-refractivity contribution in [3.8, 4) is 11.6 Å². The SMILES string of the molecule is O=C(NCc1nncn1-c1ccc(Cl)cc1)c1ccc(OC2CCOCC2)nc1. The molecule has 1 N–H and O–H groups in total. The maximum Gasteiger partial charge on any atom is 0.253 e. The zero-order valence-corrected chi connectivity index (χ0v) is 16.4. The van der Waals surface area contributed by atoms with Crippen molar-refractivity contribution in [3.63, 3.8) is 0 Å². The van der Waals surface area contributed by atoms with E-state index in [0.717, 1.165) is 18.5 Å². The van der Waals surface area contributed by atoms with Crippen molar-refractivity contribution >= 4 is 17.5 Å².